The fraction of sp³-hybridized carbons (Fsp3) is 0.600. The molecule has 1 heterocycles. The maximum Gasteiger partial charge on any atom is 0.0931 e. The van der Waals surface area contributed by atoms with Crippen LogP contribution in [0.1, 0.15) is 17.7 Å². The van der Waals surface area contributed by atoms with Gasteiger partial charge in [0, 0.05) is 23.5 Å². The highest BCUT2D eigenvalue weighted by atomic mass is 35.5. The molecule has 14 heavy (non-hydrogen) atoms. The van der Waals surface area contributed by atoms with E-state index in [2.05, 4.69) is 11.4 Å². The van der Waals surface area contributed by atoms with Crippen LogP contribution in [-0.2, 0) is 6.42 Å². The van der Waals surface area contributed by atoms with E-state index >= 15 is 0 Å². The van der Waals surface area contributed by atoms with Gasteiger partial charge in [-0.2, -0.15) is 0 Å². The second-order valence-corrected chi connectivity index (χ2v) is 5.64. The van der Waals surface area contributed by atoms with Crippen LogP contribution in [0, 0.1) is 0 Å². The van der Waals surface area contributed by atoms with Gasteiger partial charge in [0.1, 0.15) is 0 Å². The van der Waals surface area contributed by atoms with Gasteiger partial charge >= 0.3 is 0 Å². The molecule has 4 heteroatoms. The lowest BCUT2D eigenvalue weighted by Gasteiger charge is -2.33. The minimum absolute atomic E-state index is 0.434. The molecular formula is C10H15ClN2S. The molecule has 0 amide bonds. The van der Waals surface area contributed by atoms with Gasteiger partial charge in [0.25, 0.3) is 0 Å². The van der Waals surface area contributed by atoms with Crippen LogP contribution < -0.4 is 11.1 Å². The molecule has 1 fully saturated rings. The Balaban J connectivity index is 1.63. The average molecular weight is 231 g/mol. The molecule has 0 bridgehead atoms. The predicted molar refractivity (Wildman–Crippen MR) is 62.0 cm³/mol. The van der Waals surface area contributed by atoms with E-state index in [0.29, 0.717) is 12.1 Å². The lowest BCUT2D eigenvalue weighted by Crippen LogP contribution is -2.48. The van der Waals surface area contributed by atoms with Gasteiger partial charge in [0.2, 0.25) is 0 Å². The highest BCUT2D eigenvalue weighted by Gasteiger charge is 2.24. The third-order valence-corrected chi connectivity index (χ3v) is 3.90. The van der Waals surface area contributed by atoms with Gasteiger partial charge in [-0.1, -0.05) is 11.6 Å². The first-order valence-electron chi connectivity index (χ1n) is 4.97. The van der Waals surface area contributed by atoms with Crippen molar-refractivity contribution in [2.75, 3.05) is 6.54 Å². The largest absolute Gasteiger partial charge is 0.328 e. The van der Waals surface area contributed by atoms with Crippen molar-refractivity contribution in [1.82, 2.24) is 5.32 Å². The smallest absolute Gasteiger partial charge is 0.0931 e. The average Bonchev–Trinajstić information content (AvgIpc) is 2.48. The van der Waals surface area contributed by atoms with E-state index in [9.17, 15) is 0 Å². The first kappa shape index (κ1) is 10.4. The maximum absolute atomic E-state index is 5.84. The summed E-state index contributed by atoms with van der Waals surface area (Å²) in [5.74, 6) is 0. The monoisotopic (exact) mass is 230 g/mol. The number of nitrogens with two attached hydrogens (primary N) is 1. The number of nitrogens with one attached hydrogen (secondary N) is 1. The van der Waals surface area contributed by atoms with E-state index < -0.39 is 0 Å². The van der Waals surface area contributed by atoms with Crippen molar-refractivity contribution in [1.29, 1.82) is 0 Å². The highest BCUT2D eigenvalue weighted by molar-refractivity contribution is 7.16. The SMILES string of the molecule is NC1CC(NCCc2ccc(Cl)s2)C1. The summed E-state index contributed by atoms with van der Waals surface area (Å²) in [6.07, 6.45) is 3.33. The van der Waals surface area contributed by atoms with Gasteiger partial charge in [-0.05, 0) is 31.4 Å². The first-order valence-corrected chi connectivity index (χ1v) is 6.16. The molecule has 0 unspecified atom stereocenters. The summed E-state index contributed by atoms with van der Waals surface area (Å²) < 4.78 is 0.880. The standard InChI is InChI=1S/C10H15ClN2S/c11-10-2-1-9(14-10)3-4-13-8-5-7(12)6-8/h1-2,7-8,13H,3-6,12H2. The molecule has 78 valence electrons. The summed E-state index contributed by atoms with van der Waals surface area (Å²) >= 11 is 7.51. The summed E-state index contributed by atoms with van der Waals surface area (Å²) in [5.41, 5.74) is 5.70. The molecule has 2 nitrogen and oxygen atoms in total. The molecule has 1 aromatic rings. The van der Waals surface area contributed by atoms with E-state index in [4.69, 9.17) is 17.3 Å². The summed E-state index contributed by atoms with van der Waals surface area (Å²) in [7, 11) is 0. The second-order valence-electron chi connectivity index (χ2n) is 3.84. The predicted octanol–water partition coefficient (Wildman–Crippen LogP) is 2.02. The number of rotatable bonds is 4. The van der Waals surface area contributed by atoms with Crippen molar-refractivity contribution in [3.05, 3.63) is 21.3 Å². The topological polar surface area (TPSA) is 38.0 Å². The lowest BCUT2D eigenvalue weighted by atomic mass is 9.88. The van der Waals surface area contributed by atoms with Crippen molar-refractivity contribution in [3.8, 4) is 0 Å². The van der Waals surface area contributed by atoms with Crippen LogP contribution in [-0.4, -0.2) is 18.6 Å². The minimum atomic E-state index is 0.434. The van der Waals surface area contributed by atoms with Crippen molar-refractivity contribution in [3.63, 3.8) is 0 Å². The van der Waals surface area contributed by atoms with Crippen LogP contribution in [0.3, 0.4) is 0 Å². The summed E-state index contributed by atoms with van der Waals surface area (Å²) in [5, 5.41) is 3.49. The van der Waals surface area contributed by atoms with Crippen molar-refractivity contribution >= 4 is 22.9 Å². The van der Waals surface area contributed by atoms with Crippen molar-refractivity contribution in [2.45, 2.75) is 31.3 Å². The molecule has 0 aromatic carbocycles. The Morgan fingerprint density at radius 1 is 1.50 bits per heavy atom. The van der Waals surface area contributed by atoms with Gasteiger partial charge in [0.15, 0.2) is 0 Å². The van der Waals surface area contributed by atoms with Crippen LogP contribution in [0.15, 0.2) is 12.1 Å². The van der Waals surface area contributed by atoms with Crippen LogP contribution in [0.4, 0.5) is 0 Å². The summed E-state index contributed by atoms with van der Waals surface area (Å²) in [4.78, 5) is 1.35. The zero-order chi connectivity index (χ0) is 9.97. The normalized spacial score (nSPS) is 26.1. The van der Waals surface area contributed by atoms with E-state index in [-0.39, 0.29) is 0 Å². The van der Waals surface area contributed by atoms with Gasteiger partial charge < -0.3 is 11.1 Å². The molecule has 1 aromatic heterocycles. The van der Waals surface area contributed by atoms with Gasteiger partial charge in [-0.25, -0.2) is 0 Å². The van der Waals surface area contributed by atoms with Gasteiger partial charge in [-0.3, -0.25) is 0 Å². The molecule has 1 saturated carbocycles. The summed E-state index contributed by atoms with van der Waals surface area (Å²) in [6.45, 7) is 1.04. The Kier molecular flexibility index (Phi) is 3.44. The zero-order valence-corrected chi connectivity index (χ0v) is 9.57. The van der Waals surface area contributed by atoms with Crippen molar-refractivity contribution < 1.29 is 0 Å². The number of halogens is 1. The Hall–Kier alpha value is -0.0900. The van der Waals surface area contributed by atoms with Crippen molar-refractivity contribution in [2.24, 2.45) is 5.73 Å². The number of thiophene rings is 1. The van der Waals surface area contributed by atoms with Crippen LogP contribution >= 0.6 is 22.9 Å². The van der Waals surface area contributed by atoms with E-state index in [1.807, 2.05) is 6.07 Å². The molecule has 2 rings (SSSR count). The Labute approximate surface area is 93.4 Å². The molecule has 1 aliphatic rings. The second kappa shape index (κ2) is 4.62. The van der Waals surface area contributed by atoms with Crippen LogP contribution in [0.5, 0.6) is 0 Å². The Morgan fingerprint density at radius 2 is 2.29 bits per heavy atom. The number of hydrogen-bond donors (Lipinski definition) is 2. The van der Waals surface area contributed by atoms with E-state index in [1.54, 1.807) is 11.3 Å². The maximum atomic E-state index is 5.84. The van der Waals surface area contributed by atoms with Crippen LogP contribution in [0.25, 0.3) is 0 Å². The Morgan fingerprint density at radius 3 is 2.86 bits per heavy atom. The van der Waals surface area contributed by atoms with Crippen LogP contribution in [0.2, 0.25) is 4.34 Å². The molecule has 0 atom stereocenters. The molecule has 0 saturated heterocycles. The van der Waals surface area contributed by atoms with Gasteiger partial charge in [-0.15, -0.1) is 11.3 Å². The molecule has 0 aliphatic heterocycles. The third kappa shape index (κ3) is 2.70. The third-order valence-electron chi connectivity index (χ3n) is 2.61. The molecular weight excluding hydrogens is 216 g/mol. The zero-order valence-electron chi connectivity index (χ0n) is 8.00. The summed E-state index contributed by atoms with van der Waals surface area (Å²) in [6, 6.07) is 5.14. The quantitative estimate of drug-likeness (QED) is 0.831. The highest BCUT2D eigenvalue weighted by Crippen LogP contribution is 2.22. The molecule has 0 radical (unpaired) electrons. The molecule has 3 N–H and O–H groups in total. The Bertz CT molecular complexity index is 294. The first-order chi connectivity index (χ1) is 6.74. The lowest BCUT2D eigenvalue weighted by molar-refractivity contribution is 0.294. The minimum Gasteiger partial charge on any atom is -0.328 e. The van der Waals surface area contributed by atoms with Gasteiger partial charge in [0.05, 0.1) is 4.34 Å². The molecule has 1 aliphatic carbocycles. The van der Waals surface area contributed by atoms with E-state index in [1.165, 1.54) is 4.88 Å². The fourth-order valence-corrected chi connectivity index (χ4v) is 2.80. The van der Waals surface area contributed by atoms with E-state index in [0.717, 1.165) is 30.1 Å². The molecule has 0 spiro atoms. The fourth-order valence-electron chi connectivity index (χ4n) is 1.71. The number of hydrogen-bond acceptors (Lipinski definition) is 3.